The highest BCUT2D eigenvalue weighted by molar-refractivity contribution is 8.00. The maximum atomic E-state index is 13.5. The predicted octanol–water partition coefficient (Wildman–Crippen LogP) is 4.60. The van der Waals surface area contributed by atoms with Crippen LogP contribution in [-0.2, 0) is 9.84 Å². The molecule has 0 saturated heterocycles. The monoisotopic (exact) mass is 402 g/mol. The first-order chi connectivity index (χ1) is 11.1. The van der Waals surface area contributed by atoms with Crippen molar-refractivity contribution in [3.05, 3.63) is 58.4 Å². The van der Waals surface area contributed by atoms with Crippen molar-refractivity contribution in [3.63, 3.8) is 0 Å². The van der Waals surface area contributed by atoms with Gasteiger partial charge in [0, 0.05) is 10.8 Å². The molecule has 0 spiro atoms. The highest BCUT2D eigenvalue weighted by Gasteiger charge is 2.26. The van der Waals surface area contributed by atoms with E-state index in [9.17, 15) is 30.4 Å². The molecule has 0 radical (unpaired) electrons. The lowest BCUT2D eigenvalue weighted by atomic mass is 10.3. The first-order valence-electron chi connectivity index (χ1n) is 6.27. The SMILES string of the molecule is O=S(=O)(CCSc1c(F)c(F)c(F)c(F)c1F)c1ccc(Cl)cc1. The number of hydrogen-bond acceptors (Lipinski definition) is 3. The van der Waals surface area contributed by atoms with Crippen molar-refractivity contribution in [2.24, 2.45) is 0 Å². The van der Waals surface area contributed by atoms with Gasteiger partial charge in [-0.3, -0.25) is 0 Å². The molecule has 0 aliphatic heterocycles. The minimum atomic E-state index is -3.79. The summed E-state index contributed by atoms with van der Waals surface area (Å²) in [5.41, 5.74) is 0. The summed E-state index contributed by atoms with van der Waals surface area (Å²) in [5.74, 6) is -11.3. The fourth-order valence-electron chi connectivity index (χ4n) is 1.72. The van der Waals surface area contributed by atoms with Crippen LogP contribution in [0.15, 0.2) is 34.1 Å². The highest BCUT2D eigenvalue weighted by atomic mass is 35.5. The third-order valence-corrected chi connectivity index (χ3v) is 6.24. The minimum Gasteiger partial charge on any atom is -0.224 e. The van der Waals surface area contributed by atoms with E-state index >= 15 is 0 Å². The Morgan fingerprint density at radius 2 is 1.29 bits per heavy atom. The van der Waals surface area contributed by atoms with Crippen LogP contribution in [0.1, 0.15) is 0 Å². The molecule has 0 N–H and O–H groups in total. The largest absolute Gasteiger partial charge is 0.224 e. The lowest BCUT2D eigenvalue weighted by Crippen LogP contribution is -2.10. The van der Waals surface area contributed by atoms with Crippen molar-refractivity contribution in [3.8, 4) is 0 Å². The van der Waals surface area contributed by atoms with Gasteiger partial charge in [-0.25, -0.2) is 30.4 Å². The van der Waals surface area contributed by atoms with Crippen LogP contribution in [0.5, 0.6) is 0 Å². The summed E-state index contributed by atoms with van der Waals surface area (Å²) in [6, 6.07) is 5.21. The Kier molecular flexibility index (Phi) is 5.77. The summed E-state index contributed by atoms with van der Waals surface area (Å²) in [6.45, 7) is 0. The molecule has 2 rings (SSSR count). The Bertz CT molecular complexity index is 841. The van der Waals surface area contributed by atoms with Gasteiger partial charge in [0.25, 0.3) is 0 Å². The van der Waals surface area contributed by atoms with Crippen LogP contribution in [0.25, 0.3) is 0 Å². The Hall–Kier alpha value is -1.32. The number of halogens is 6. The van der Waals surface area contributed by atoms with Gasteiger partial charge in [-0.05, 0) is 24.3 Å². The second-order valence-electron chi connectivity index (χ2n) is 4.52. The molecule has 0 heterocycles. The average molecular weight is 403 g/mol. The number of sulfone groups is 1. The van der Waals surface area contributed by atoms with Gasteiger partial charge >= 0.3 is 0 Å². The van der Waals surface area contributed by atoms with Crippen LogP contribution in [-0.4, -0.2) is 19.9 Å². The molecule has 0 aliphatic rings. The zero-order valence-electron chi connectivity index (χ0n) is 11.6. The van der Waals surface area contributed by atoms with E-state index in [4.69, 9.17) is 11.6 Å². The van der Waals surface area contributed by atoms with Crippen LogP contribution < -0.4 is 0 Å². The summed E-state index contributed by atoms with van der Waals surface area (Å²) >= 11 is 5.87. The van der Waals surface area contributed by atoms with E-state index in [2.05, 4.69) is 0 Å². The van der Waals surface area contributed by atoms with Gasteiger partial charge in [0.15, 0.2) is 33.1 Å². The standard InChI is InChI=1S/C14H8ClF5O2S2/c15-7-1-3-8(4-2-7)24(21,22)6-5-23-14-12(19)10(17)9(16)11(18)13(14)20/h1-4H,5-6H2. The van der Waals surface area contributed by atoms with Crippen LogP contribution in [0, 0.1) is 29.1 Å². The third-order valence-electron chi connectivity index (χ3n) is 2.94. The molecule has 0 atom stereocenters. The van der Waals surface area contributed by atoms with Gasteiger partial charge in [-0.1, -0.05) is 11.6 Å². The van der Waals surface area contributed by atoms with Gasteiger partial charge in [-0.15, -0.1) is 11.8 Å². The number of hydrogen-bond donors (Lipinski definition) is 0. The van der Waals surface area contributed by atoms with E-state index in [1.165, 1.54) is 24.3 Å². The molecule has 2 nitrogen and oxygen atoms in total. The van der Waals surface area contributed by atoms with Gasteiger partial charge in [0.05, 0.1) is 15.5 Å². The lowest BCUT2D eigenvalue weighted by Gasteiger charge is -2.08. The lowest BCUT2D eigenvalue weighted by molar-refractivity contribution is 0.361. The van der Waals surface area contributed by atoms with E-state index in [0.717, 1.165) is 0 Å². The third kappa shape index (κ3) is 3.84. The zero-order valence-corrected chi connectivity index (χ0v) is 14.0. The molecule has 2 aromatic carbocycles. The molecule has 0 saturated carbocycles. The normalized spacial score (nSPS) is 11.8. The Morgan fingerprint density at radius 1 is 0.833 bits per heavy atom. The molecule has 24 heavy (non-hydrogen) atoms. The van der Waals surface area contributed by atoms with E-state index < -0.39 is 55.3 Å². The van der Waals surface area contributed by atoms with E-state index in [1.54, 1.807) is 0 Å². The van der Waals surface area contributed by atoms with Crippen LogP contribution in [0.4, 0.5) is 22.0 Å². The van der Waals surface area contributed by atoms with Gasteiger partial charge in [-0.2, -0.15) is 0 Å². The maximum Gasteiger partial charge on any atom is 0.200 e. The van der Waals surface area contributed by atoms with Crippen molar-refractivity contribution >= 4 is 33.2 Å². The Labute approximate surface area is 143 Å². The second kappa shape index (κ2) is 7.28. The highest BCUT2D eigenvalue weighted by Crippen LogP contribution is 2.31. The maximum absolute atomic E-state index is 13.5. The fraction of sp³-hybridized carbons (Fsp3) is 0.143. The molecule has 0 fully saturated rings. The minimum absolute atomic E-state index is 0.0649. The van der Waals surface area contributed by atoms with Crippen molar-refractivity contribution in [1.82, 2.24) is 0 Å². The molecule has 0 amide bonds. The number of rotatable bonds is 5. The summed E-state index contributed by atoms with van der Waals surface area (Å²) in [6.07, 6.45) is 0. The van der Waals surface area contributed by atoms with Crippen LogP contribution in [0.3, 0.4) is 0 Å². The first-order valence-corrected chi connectivity index (χ1v) is 9.29. The molecule has 2 aromatic rings. The van der Waals surface area contributed by atoms with E-state index in [0.29, 0.717) is 5.02 Å². The van der Waals surface area contributed by atoms with Crippen molar-refractivity contribution in [2.45, 2.75) is 9.79 Å². The number of benzene rings is 2. The fourth-order valence-corrected chi connectivity index (χ4v) is 4.48. The first kappa shape index (κ1) is 19.0. The van der Waals surface area contributed by atoms with E-state index in [-0.39, 0.29) is 16.7 Å². The van der Waals surface area contributed by atoms with Gasteiger partial charge in [0.2, 0.25) is 5.82 Å². The molecular formula is C14H8ClF5O2S2. The number of thioether (sulfide) groups is 1. The van der Waals surface area contributed by atoms with Crippen molar-refractivity contribution in [2.75, 3.05) is 11.5 Å². The predicted molar refractivity (Wildman–Crippen MR) is 80.5 cm³/mol. The molecule has 0 aromatic heterocycles. The van der Waals surface area contributed by atoms with Crippen molar-refractivity contribution in [1.29, 1.82) is 0 Å². The molecular weight excluding hydrogens is 395 g/mol. The quantitative estimate of drug-likeness (QED) is 0.317. The zero-order chi connectivity index (χ0) is 18.1. The molecule has 0 unspecified atom stereocenters. The molecule has 0 aliphatic carbocycles. The Morgan fingerprint density at radius 3 is 1.79 bits per heavy atom. The Balaban J connectivity index is 2.16. The average Bonchev–Trinajstić information content (AvgIpc) is 2.54. The van der Waals surface area contributed by atoms with Gasteiger partial charge < -0.3 is 0 Å². The smallest absolute Gasteiger partial charge is 0.200 e. The van der Waals surface area contributed by atoms with Crippen LogP contribution >= 0.6 is 23.4 Å². The second-order valence-corrected chi connectivity index (χ2v) is 8.17. The topological polar surface area (TPSA) is 34.1 Å². The summed E-state index contributed by atoms with van der Waals surface area (Å²) in [4.78, 5) is -1.18. The van der Waals surface area contributed by atoms with Crippen LogP contribution in [0.2, 0.25) is 5.02 Å². The van der Waals surface area contributed by atoms with E-state index in [1.807, 2.05) is 0 Å². The van der Waals surface area contributed by atoms with Gasteiger partial charge in [0.1, 0.15) is 0 Å². The van der Waals surface area contributed by atoms with Crippen molar-refractivity contribution < 1.29 is 30.4 Å². The summed E-state index contributed by atoms with van der Waals surface area (Å²) in [7, 11) is -3.79. The molecule has 130 valence electrons. The molecule has 10 heteroatoms. The summed E-state index contributed by atoms with van der Waals surface area (Å²) in [5, 5.41) is 0.324. The molecule has 0 bridgehead atoms. The summed E-state index contributed by atoms with van der Waals surface area (Å²) < 4.78 is 90.1.